The number of halogens is 4. The number of fused-ring (bicyclic) bond motifs is 1. The first-order valence-electron chi connectivity index (χ1n) is 11.5. The number of nitrogens with zero attached hydrogens (tertiary/aromatic N) is 1. The van der Waals surface area contributed by atoms with E-state index in [4.69, 9.17) is 0 Å². The number of anilines is 1. The monoisotopic (exact) mass is 478 g/mol. The molecule has 3 aromatic rings. The molecule has 0 aliphatic rings. The number of alkyl halides is 3. The number of aromatic nitrogens is 1. The minimum absolute atomic E-state index is 0.432. The molecular formula is C27H34F4N2O. The molecule has 0 spiro atoms. The molecular weight excluding hydrogens is 444 g/mol. The highest BCUT2D eigenvalue weighted by Gasteiger charge is 2.56. The summed E-state index contributed by atoms with van der Waals surface area (Å²) < 4.78 is 56.0. The van der Waals surface area contributed by atoms with Gasteiger partial charge in [-0.1, -0.05) is 46.8 Å². The molecule has 0 radical (unpaired) electrons. The molecule has 0 aliphatic carbocycles. The molecule has 7 heteroatoms. The largest absolute Gasteiger partial charge is 0.418 e. The predicted molar refractivity (Wildman–Crippen MR) is 131 cm³/mol. The van der Waals surface area contributed by atoms with Gasteiger partial charge in [0.05, 0.1) is 12.1 Å². The van der Waals surface area contributed by atoms with E-state index in [1.807, 2.05) is 32.9 Å². The van der Waals surface area contributed by atoms with Crippen LogP contribution >= 0.6 is 0 Å². The lowest BCUT2D eigenvalue weighted by Crippen LogP contribution is -2.53. The van der Waals surface area contributed by atoms with Gasteiger partial charge in [0.2, 0.25) is 0 Å². The summed E-state index contributed by atoms with van der Waals surface area (Å²) in [5.41, 5.74) is -1.06. The van der Waals surface area contributed by atoms with E-state index in [1.54, 1.807) is 39.0 Å². The van der Waals surface area contributed by atoms with Gasteiger partial charge in [0.1, 0.15) is 5.82 Å². The van der Waals surface area contributed by atoms with Gasteiger partial charge in [-0.2, -0.15) is 13.2 Å². The molecule has 1 atom stereocenters. The zero-order valence-electron chi connectivity index (χ0n) is 20.6. The Balaban J connectivity index is 0.00000199. The van der Waals surface area contributed by atoms with Crippen LogP contribution in [0.3, 0.4) is 0 Å². The Bertz CT molecular complexity index is 1110. The summed E-state index contributed by atoms with van der Waals surface area (Å²) in [6.07, 6.45) is -4.78. The third-order valence-corrected chi connectivity index (χ3v) is 5.91. The minimum atomic E-state index is -4.89. The lowest BCUT2D eigenvalue weighted by atomic mass is 9.73. The fourth-order valence-electron chi connectivity index (χ4n) is 4.20. The van der Waals surface area contributed by atoms with E-state index in [0.29, 0.717) is 27.7 Å². The number of pyridine rings is 1. The molecule has 0 saturated heterocycles. The molecule has 1 unspecified atom stereocenters. The number of nitrogens with one attached hydrogen (secondary N) is 1. The quantitative estimate of drug-likeness (QED) is 0.349. The van der Waals surface area contributed by atoms with Gasteiger partial charge in [0.15, 0.2) is 5.60 Å². The van der Waals surface area contributed by atoms with Crippen LogP contribution in [0.25, 0.3) is 10.9 Å². The van der Waals surface area contributed by atoms with Crippen LogP contribution in [0.4, 0.5) is 23.2 Å². The SMILES string of the molecule is CC.CCc1ccc2c(NCC(O)(CC(C)(C)c3cc(F)ccc3C)C(F)(F)F)cccc2n1. The average molecular weight is 479 g/mol. The highest BCUT2D eigenvalue weighted by molar-refractivity contribution is 5.91. The zero-order valence-corrected chi connectivity index (χ0v) is 20.6. The first kappa shape index (κ1) is 27.6. The van der Waals surface area contributed by atoms with E-state index in [2.05, 4.69) is 10.3 Å². The van der Waals surface area contributed by atoms with Crippen LogP contribution in [0.15, 0.2) is 48.5 Å². The summed E-state index contributed by atoms with van der Waals surface area (Å²) in [4.78, 5) is 4.50. The second-order valence-electron chi connectivity index (χ2n) is 8.93. The second kappa shape index (κ2) is 10.7. The van der Waals surface area contributed by atoms with Crippen molar-refractivity contribution in [2.24, 2.45) is 0 Å². The molecule has 3 nitrogen and oxygen atoms in total. The van der Waals surface area contributed by atoms with Crippen molar-refractivity contribution >= 4 is 16.6 Å². The summed E-state index contributed by atoms with van der Waals surface area (Å²) in [6.45, 7) is 10.1. The zero-order chi connectivity index (χ0) is 25.7. The normalized spacial score (nSPS) is 13.7. The van der Waals surface area contributed by atoms with Crippen molar-refractivity contribution in [2.45, 2.75) is 71.6 Å². The summed E-state index contributed by atoms with van der Waals surface area (Å²) in [6, 6.07) is 12.9. The first-order valence-corrected chi connectivity index (χ1v) is 11.5. The van der Waals surface area contributed by atoms with Crippen molar-refractivity contribution in [1.82, 2.24) is 4.98 Å². The van der Waals surface area contributed by atoms with Crippen molar-refractivity contribution in [3.8, 4) is 0 Å². The van der Waals surface area contributed by atoms with Crippen molar-refractivity contribution < 1.29 is 22.7 Å². The van der Waals surface area contributed by atoms with Gasteiger partial charge in [-0.15, -0.1) is 0 Å². The van der Waals surface area contributed by atoms with Crippen LogP contribution in [0.5, 0.6) is 0 Å². The topological polar surface area (TPSA) is 45.1 Å². The maximum absolute atomic E-state index is 14.1. The highest BCUT2D eigenvalue weighted by atomic mass is 19.4. The molecule has 3 rings (SSSR count). The summed E-state index contributed by atoms with van der Waals surface area (Å²) in [5, 5.41) is 14.3. The standard InChI is InChI=1S/C25H28F4N2O.C2H6/c1-5-18-11-12-19-21(7-6-8-22(19)31-18)30-15-24(32,25(27,28)29)14-23(3,4)20-13-17(26)10-9-16(20)2;1-2/h6-13,30,32H,5,14-15H2,1-4H3;1-2H3. The van der Waals surface area contributed by atoms with Crippen molar-refractivity contribution in [3.63, 3.8) is 0 Å². The van der Waals surface area contributed by atoms with Gasteiger partial charge >= 0.3 is 6.18 Å². The molecule has 1 aromatic heterocycles. The molecule has 0 bridgehead atoms. The first-order chi connectivity index (χ1) is 15.9. The number of rotatable bonds is 7. The Kier molecular flexibility index (Phi) is 8.70. The fraction of sp³-hybridized carbons (Fsp3) is 0.444. The van der Waals surface area contributed by atoms with Gasteiger partial charge in [-0.3, -0.25) is 4.98 Å². The van der Waals surface area contributed by atoms with E-state index in [9.17, 15) is 22.7 Å². The molecule has 2 aromatic carbocycles. The Morgan fingerprint density at radius 3 is 2.29 bits per heavy atom. The summed E-state index contributed by atoms with van der Waals surface area (Å²) in [7, 11) is 0. The molecule has 0 fully saturated rings. The van der Waals surface area contributed by atoms with Gasteiger partial charge < -0.3 is 10.4 Å². The predicted octanol–water partition coefficient (Wildman–Crippen LogP) is 7.34. The average Bonchev–Trinajstić information content (AvgIpc) is 2.79. The molecule has 0 amide bonds. The van der Waals surface area contributed by atoms with Gasteiger partial charge in [-0.25, -0.2) is 4.39 Å². The summed E-state index contributed by atoms with van der Waals surface area (Å²) in [5.74, 6) is -0.526. The number of benzene rings is 2. The van der Waals surface area contributed by atoms with Crippen LogP contribution < -0.4 is 5.32 Å². The molecule has 186 valence electrons. The van der Waals surface area contributed by atoms with Crippen LogP contribution in [0, 0.1) is 12.7 Å². The number of aliphatic hydroxyl groups is 1. The summed E-state index contributed by atoms with van der Waals surface area (Å²) >= 11 is 0. The van der Waals surface area contributed by atoms with Gasteiger partial charge in [-0.05, 0) is 72.7 Å². The van der Waals surface area contributed by atoms with E-state index >= 15 is 0 Å². The smallest absolute Gasteiger partial charge is 0.381 e. The molecule has 2 N–H and O–H groups in total. The third-order valence-electron chi connectivity index (χ3n) is 5.91. The van der Waals surface area contributed by atoms with E-state index < -0.39 is 36.0 Å². The van der Waals surface area contributed by atoms with Crippen LogP contribution in [-0.2, 0) is 11.8 Å². The second-order valence-corrected chi connectivity index (χ2v) is 8.93. The molecule has 1 heterocycles. The Morgan fingerprint density at radius 2 is 1.68 bits per heavy atom. The Morgan fingerprint density at radius 1 is 1.00 bits per heavy atom. The third kappa shape index (κ3) is 6.06. The number of aryl methyl sites for hydroxylation is 2. The lowest BCUT2D eigenvalue weighted by Gasteiger charge is -2.38. The molecule has 34 heavy (non-hydrogen) atoms. The van der Waals surface area contributed by atoms with Gasteiger partial charge in [0.25, 0.3) is 0 Å². The maximum Gasteiger partial charge on any atom is 0.418 e. The minimum Gasteiger partial charge on any atom is -0.381 e. The van der Waals surface area contributed by atoms with Crippen molar-refractivity contribution in [1.29, 1.82) is 0 Å². The number of hydrogen-bond acceptors (Lipinski definition) is 3. The van der Waals surface area contributed by atoms with Crippen LogP contribution in [0.1, 0.15) is 57.9 Å². The van der Waals surface area contributed by atoms with Gasteiger partial charge in [0, 0.05) is 16.8 Å². The van der Waals surface area contributed by atoms with E-state index in [1.165, 1.54) is 18.2 Å². The van der Waals surface area contributed by atoms with Crippen molar-refractivity contribution in [2.75, 3.05) is 11.9 Å². The highest BCUT2D eigenvalue weighted by Crippen LogP contribution is 2.42. The number of hydrogen-bond donors (Lipinski definition) is 2. The van der Waals surface area contributed by atoms with Crippen molar-refractivity contribution in [3.05, 3.63) is 71.2 Å². The lowest BCUT2D eigenvalue weighted by molar-refractivity contribution is -0.260. The van der Waals surface area contributed by atoms with Crippen LogP contribution in [0.2, 0.25) is 0 Å². The Labute approximate surface area is 199 Å². The maximum atomic E-state index is 14.1. The Hall–Kier alpha value is -2.67. The molecule has 0 saturated carbocycles. The molecule has 0 aliphatic heterocycles. The fourth-order valence-corrected chi connectivity index (χ4v) is 4.20. The van der Waals surface area contributed by atoms with E-state index in [0.717, 1.165) is 12.1 Å². The van der Waals surface area contributed by atoms with E-state index in [-0.39, 0.29) is 0 Å². The van der Waals surface area contributed by atoms with Crippen LogP contribution in [-0.4, -0.2) is 28.4 Å².